The average Bonchev–Trinajstić information content (AvgIpc) is 2.61. The molecule has 1 aliphatic heterocycles. The predicted octanol–water partition coefficient (Wildman–Crippen LogP) is 2.21. The molecule has 1 rings (SSSR count). The Bertz CT molecular complexity index is 194. The molecule has 0 amide bonds. The van der Waals surface area contributed by atoms with Crippen LogP contribution < -0.4 is 5.32 Å². The van der Waals surface area contributed by atoms with E-state index in [1.807, 2.05) is 0 Å². The lowest BCUT2D eigenvalue weighted by Crippen LogP contribution is -2.35. The van der Waals surface area contributed by atoms with Gasteiger partial charge in [-0.1, -0.05) is 13.8 Å². The molecule has 0 aromatic rings. The Kier molecular flexibility index (Phi) is 5.73. The Morgan fingerprint density at radius 3 is 2.69 bits per heavy atom. The molecular formula is C13H27NO2. The van der Waals surface area contributed by atoms with E-state index in [2.05, 4.69) is 26.1 Å². The van der Waals surface area contributed by atoms with Crippen molar-refractivity contribution in [3.05, 3.63) is 0 Å². The van der Waals surface area contributed by atoms with Crippen molar-refractivity contribution in [1.29, 1.82) is 0 Å². The maximum absolute atomic E-state index is 5.77. The lowest BCUT2D eigenvalue weighted by atomic mass is 9.89. The van der Waals surface area contributed by atoms with Crippen LogP contribution in [0.15, 0.2) is 0 Å². The van der Waals surface area contributed by atoms with Gasteiger partial charge in [0.05, 0.1) is 12.2 Å². The minimum absolute atomic E-state index is 0.306. The van der Waals surface area contributed by atoms with Gasteiger partial charge < -0.3 is 14.8 Å². The molecule has 16 heavy (non-hydrogen) atoms. The topological polar surface area (TPSA) is 30.5 Å². The third-order valence-corrected chi connectivity index (χ3v) is 3.28. The van der Waals surface area contributed by atoms with Crippen LogP contribution in [0.2, 0.25) is 0 Å². The summed E-state index contributed by atoms with van der Waals surface area (Å²) >= 11 is 0. The highest BCUT2D eigenvalue weighted by molar-refractivity contribution is 4.76. The number of methoxy groups -OCH3 is 1. The first-order valence-corrected chi connectivity index (χ1v) is 6.38. The summed E-state index contributed by atoms with van der Waals surface area (Å²) in [5, 5.41) is 3.52. The predicted molar refractivity (Wildman–Crippen MR) is 66.7 cm³/mol. The van der Waals surface area contributed by atoms with E-state index in [4.69, 9.17) is 9.47 Å². The number of hydrogen-bond donors (Lipinski definition) is 1. The van der Waals surface area contributed by atoms with Gasteiger partial charge in [0, 0.05) is 26.8 Å². The van der Waals surface area contributed by atoms with E-state index < -0.39 is 0 Å². The van der Waals surface area contributed by atoms with E-state index in [0.29, 0.717) is 17.6 Å². The molecule has 96 valence electrons. The summed E-state index contributed by atoms with van der Waals surface area (Å²) in [6.45, 7) is 9.56. The standard InChI is InChI=1S/C13H27NO2/c1-11-5-6-12(16-11)9-14-10-13(2,3)7-8-15-4/h11-12,14H,5-10H2,1-4H3. The number of rotatable bonds is 7. The fourth-order valence-corrected chi connectivity index (χ4v) is 2.07. The molecule has 3 heteroatoms. The van der Waals surface area contributed by atoms with Gasteiger partial charge in [0.25, 0.3) is 0 Å². The summed E-state index contributed by atoms with van der Waals surface area (Å²) in [7, 11) is 1.76. The molecule has 2 unspecified atom stereocenters. The number of ether oxygens (including phenoxy) is 2. The fraction of sp³-hybridized carbons (Fsp3) is 1.00. The van der Waals surface area contributed by atoms with Crippen LogP contribution in [0, 0.1) is 5.41 Å². The summed E-state index contributed by atoms with van der Waals surface area (Å²) in [5.41, 5.74) is 0.306. The fourth-order valence-electron chi connectivity index (χ4n) is 2.07. The third-order valence-electron chi connectivity index (χ3n) is 3.28. The maximum atomic E-state index is 5.77. The molecular weight excluding hydrogens is 202 g/mol. The second kappa shape index (κ2) is 6.58. The van der Waals surface area contributed by atoms with Crippen LogP contribution >= 0.6 is 0 Å². The largest absolute Gasteiger partial charge is 0.385 e. The third kappa shape index (κ3) is 5.28. The zero-order valence-corrected chi connectivity index (χ0v) is 11.2. The van der Waals surface area contributed by atoms with E-state index in [9.17, 15) is 0 Å². The smallest absolute Gasteiger partial charge is 0.0704 e. The molecule has 1 saturated heterocycles. The Balaban J connectivity index is 2.09. The Hall–Kier alpha value is -0.120. The molecule has 1 aliphatic rings. The zero-order valence-electron chi connectivity index (χ0n) is 11.2. The molecule has 3 nitrogen and oxygen atoms in total. The van der Waals surface area contributed by atoms with Crippen LogP contribution in [0.25, 0.3) is 0 Å². The molecule has 0 bridgehead atoms. The van der Waals surface area contributed by atoms with Crippen LogP contribution in [0.1, 0.15) is 40.0 Å². The average molecular weight is 229 g/mol. The van der Waals surface area contributed by atoms with Crippen molar-refractivity contribution in [1.82, 2.24) is 5.32 Å². The quantitative estimate of drug-likeness (QED) is 0.726. The summed E-state index contributed by atoms with van der Waals surface area (Å²) < 4.78 is 10.9. The lowest BCUT2D eigenvalue weighted by molar-refractivity contribution is 0.0539. The van der Waals surface area contributed by atoms with Gasteiger partial charge in [-0.2, -0.15) is 0 Å². The van der Waals surface area contributed by atoms with E-state index in [1.165, 1.54) is 12.8 Å². The van der Waals surface area contributed by atoms with E-state index in [1.54, 1.807) is 7.11 Å². The molecule has 0 radical (unpaired) electrons. The summed E-state index contributed by atoms with van der Waals surface area (Å²) in [6, 6.07) is 0. The Labute approximate surface area is 99.9 Å². The second-order valence-corrected chi connectivity index (χ2v) is 5.68. The van der Waals surface area contributed by atoms with E-state index in [-0.39, 0.29) is 0 Å². The molecule has 0 saturated carbocycles. The van der Waals surface area contributed by atoms with Crippen LogP contribution in [-0.2, 0) is 9.47 Å². The molecule has 0 aliphatic carbocycles. The van der Waals surface area contributed by atoms with Crippen molar-refractivity contribution in [3.63, 3.8) is 0 Å². The number of nitrogens with one attached hydrogen (secondary N) is 1. The van der Waals surface area contributed by atoms with Crippen LogP contribution in [0.3, 0.4) is 0 Å². The molecule has 2 atom stereocenters. The highest BCUT2D eigenvalue weighted by atomic mass is 16.5. The first kappa shape index (κ1) is 13.9. The van der Waals surface area contributed by atoms with Gasteiger partial charge in [-0.15, -0.1) is 0 Å². The Morgan fingerprint density at radius 1 is 1.38 bits per heavy atom. The molecule has 1 N–H and O–H groups in total. The van der Waals surface area contributed by atoms with Crippen LogP contribution in [0.4, 0.5) is 0 Å². The zero-order chi connectivity index (χ0) is 12.0. The lowest BCUT2D eigenvalue weighted by Gasteiger charge is -2.25. The van der Waals surface area contributed by atoms with Gasteiger partial charge in [0.2, 0.25) is 0 Å². The molecule has 0 spiro atoms. The van der Waals surface area contributed by atoms with Gasteiger partial charge >= 0.3 is 0 Å². The van der Waals surface area contributed by atoms with Crippen molar-refractivity contribution in [2.45, 2.75) is 52.2 Å². The highest BCUT2D eigenvalue weighted by Gasteiger charge is 2.22. The second-order valence-electron chi connectivity index (χ2n) is 5.68. The minimum Gasteiger partial charge on any atom is -0.385 e. The van der Waals surface area contributed by atoms with Gasteiger partial charge in [-0.05, 0) is 31.6 Å². The first-order chi connectivity index (χ1) is 7.53. The molecule has 1 heterocycles. The summed E-state index contributed by atoms with van der Waals surface area (Å²) in [6.07, 6.45) is 4.38. The van der Waals surface area contributed by atoms with Crippen molar-refractivity contribution >= 4 is 0 Å². The van der Waals surface area contributed by atoms with Gasteiger partial charge in [-0.25, -0.2) is 0 Å². The van der Waals surface area contributed by atoms with Gasteiger partial charge in [0.15, 0.2) is 0 Å². The van der Waals surface area contributed by atoms with Crippen LogP contribution in [0.5, 0.6) is 0 Å². The van der Waals surface area contributed by atoms with Gasteiger partial charge in [-0.3, -0.25) is 0 Å². The maximum Gasteiger partial charge on any atom is 0.0704 e. The Morgan fingerprint density at radius 2 is 2.12 bits per heavy atom. The van der Waals surface area contributed by atoms with Gasteiger partial charge in [0.1, 0.15) is 0 Å². The molecule has 0 aromatic heterocycles. The number of hydrogen-bond acceptors (Lipinski definition) is 3. The van der Waals surface area contributed by atoms with E-state index in [0.717, 1.165) is 26.1 Å². The summed E-state index contributed by atoms with van der Waals surface area (Å²) in [5.74, 6) is 0. The van der Waals surface area contributed by atoms with Crippen molar-refractivity contribution < 1.29 is 9.47 Å². The van der Waals surface area contributed by atoms with Crippen molar-refractivity contribution in [2.75, 3.05) is 26.8 Å². The monoisotopic (exact) mass is 229 g/mol. The summed E-state index contributed by atoms with van der Waals surface area (Å²) in [4.78, 5) is 0. The van der Waals surface area contributed by atoms with Crippen LogP contribution in [-0.4, -0.2) is 39.0 Å². The molecule has 0 aromatic carbocycles. The SMILES string of the molecule is COCCC(C)(C)CNCC1CCC(C)O1. The molecule has 1 fully saturated rings. The first-order valence-electron chi connectivity index (χ1n) is 6.38. The minimum atomic E-state index is 0.306. The highest BCUT2D eigenvalue weighted by Crippen LogP contribution is 2.20. The normalized spacial score (nSPS) is 26.2. The van der Waals surface area contributed by atoms with Crippen molar-refractivity contribution in [2.24, 2.45) is 5.41 Å². The van der Waals surface area contributed by atoms with E-state index >= 15 is 0 Å². The van der Waals surface area contributed by atoms with Crippen molar-refractivity contribution in [3.8, 4) is 0 Å².